The molecular formula is C18H32BN3. The largest absolute Gasteiger partial charge is 0.371 e. The van der Waals surface area contributed by atoms with E-state index in [-0.39, 0.29) is 0 Å². The molecule has 0 spiro atoms. The summed E-state index contributed by atoms with van der Waals surface area (Å²) in [6.07, 6.45) is 4.81. The van der Waals surface area contributed by atoms with E-state index < -0.39 is 0 Å². The molecule has 3 nitrogen and oxygen atoms in total. The topological polar surface area (TPSA) is 28.0 Å². The third-order valence-electron chi connectivity index (χ3n) is 3.49. The van der Waals surface area contributed by atoms with Crippen LogP contribution in [0, 0.1) is 0 Å². The molecule has 0 amide bonds. The van der Waals surface area contributed by atoms with Crippen molar-refractivity contribution >= 4 is 19.4 Å². The highest BCUT2D eigenvalue weighted by Crippen LogP contribution is 2.37. The third-order valence-corrected chi connectivity index (χ3v) is 3.49. The van der Waals surface area contributed by atoms with E-state index in [2.05, 4.69) is 27.2 Å². The van der Waals surface area contributed by atoms with Crippen LogP contribution in [0.4, 0.5) is 11.4 Å². The van der Waals surface area contributed by atoms with E-state index in [1.165, 1.54) is 42.7 Å². The van der Waals surface area contributed by atoms with Gasteiger partial charge in [-0.1, -0.05) is 41.5 Å². The Morgan fingerprint density at radius 2 is 1.32 bits per heavy atom. The van der Waals surface area contributed by atoms with E-state index in [1.54, 1.807) is 0 Å². The molecule has 3 rings (SSSR count). The van der Waals surface area contributed by atoms with E-state index in [4.69, 9.17) is 7.98 Å². The fourth-order valence-electron chi connectivity index (χ4n) is 2.91. The molecule has 22 heavy (non-hydrogen) atoms. The summed E-state index contributed by atoms with van der Waals surface area (Å²) in [5, 5.41) is 7.34. The molecule has 0 aromatic heterocycles. The zero-order valence-electron chi connectivity index (χ0n) is 15.3. The van der Waals surface area contributed by atoms with Gasteiger partial charge in [-0.2, -0.15) is 5.11 Å². The van der Waals surface area contributed by atoms with Crippen molar-refractivity contribution in [1.29, 1.82) is 0 Å². The van der Waals surface area contributed by atoms with Gasteiger partial charge < -0.3 is 4.90 Å². The van der Waals surface area contributed by atoms with Crippen LogP contribution in [-0.2, 0) is 12.8 Å². The van der Waals surface area contributed by atoms with Crippen molar-refractivity contribution in [1.82, 2.24) is 0 Å². The number of hydrogen-bond donors (Lipinski definition) is 0. The van der Waals surface area contributed by atoms with E-state index in [1.807, 2.05) is 41.5 Å². The summed E-state index contributed by atoms with van der Waals surface area (Å²) in [4.78, 5) is 2.51. The second-order valence-electron chi connectivity index (χ2n) is 4.52. The number of rotatable bonds is 1. The number of hydrogen-bond acceptors (Lipinski definition) is 3. The molecule has 0 saturated heterocycles. The molecule has 0 saturated carbocycles. The van der Waals surface area contributed by atoms with Gasteiger partial charge in [0.15, 0.2) is 0 Å². The molecule has 0 bridgehead atoms. The molecule has 0 fully saturated rings. The molecule has 2 aliphatic rings. The van der Waals surface area contributed by atoms with Crippen molar-refractivity contribution < 1.29 is 0 Å². The summed E-state index contributed by atoms with van der Waals surface area (Å²) < 4.78 is 0. The van der Waals surface area contributed by atoms with Crippen molar-refractivity contribution in [2.24, 2.45) is 10.1 Å². The van der Waals surface area contributed by atoms with Gasteiger partial charge in [0.25, 0.3) is 7.98 Å². The fraction of sp³-hybridized carbons (Fsp3) is 0.667. The second kappa shape index (κ2) is 12.3. The molecule has 0 unspecified atom stereocenters. The molecule has 0 N–H and O–H groups in total. The monoisotopic (exact) mass is 301 g/mol. The van der Waals surface area contributed by atoms with Crippen molar-refractivity contribution in [3.63, 3.8) is 0 Å². The summed E-state index contributed by atoms with van der Waals surface area (Å²) >= 11 is 0. The maximum atomic E-state index is 5.12. The van der Waals surface area contributed by atoms with Gasteiger partial charge in [0.1, 0.15) is 0 Å². The molecule has 0 aliphatic carbocycles. The van der Waals surface area contributed by atoms with Crippen LogP contribution in [0.2, 0.25) is 0 Å². The summed E-state index contributed by atoms with van der Waals surface area (Å²) in [5.74, 6) is 0. The fourth-order valence-corrected chi connectivity index (χ4v) is 2.91. The van der Waals surface area contributed by atoms with Crippen molar-refractivity contribution in [2.45, 2.75) is 67.2 Å². The van der Waals surface area contributed by atoms with Gasteiger partial charge in [0, 0.05) is 18.8 Å². The first-order valence-corrected chi connectivity index (χ1v) is 8.90. The first-order chi connectivity index (χ1) is 10.9. The van der Waals surface area contributed by atoms with Crippen LogP contribution >= 0.6 is 0 Å². The summed E-state index contributed by atoms with van der Waals surface area (Å²) in [7, 11) is 5.12. The predicted molar refractivity (Wildman–Crippen MR) is 99.6 cm³/mol. The van der Waals surface area contributed by atoms with Gasteiger partial charge in [-0.05, 0) is 48.9 Å². The van der Waals surface area contributed by atoms with Crippen LogP contribution in [-0.4, -0.2) is 21.1 Å². The number of anilines is 1. The molecule has 2 aliphatic heterocycles. The minimum absolute atomic E-state index is 0.903. The quantitative estimate of drug-likeness (QED) is 0.488. The molecule has 1 aromatic carbocycles. The maximum Gasteiger partial charge on any atom is 0.293 e. The smallest absolute Gasteiger partial charge is 0.293 e. The molecule has 2 heterocycles. The van der Waals surface area contributed by atoms with Gasteiger partial charge in [-0.15, -0.1) is 0 Å². The summed E-state index contributed by atoms with van der Waals surface area (Å²) in [6, 6.07) is 4.26. The normalized spacial score (nSPS) is 14.5. The van der Waals surface area contributed by atoms with E-state index in [0.29, 0.717) is 0 Å². The van der Waals surface area contributed by atoms with Crippen LogP contribution < -0.4 is 4.90 Å². The predicted octanol–water partition coefficient (Wildman–Crippen LogP) is 5.63. The Balaban J connectivity index is 0.000000661. The maximum absolute atomic E-state index is 5.12. The lowest BCUT2D eigenvalue weighted by Crippen LogP contribution is -2.34. The Labute approximate surface area is 138 Å². The van der Waals surface area contributed by atoms with Gasteiger partial charge in [0.05, 0.1) is 5.69 Å². The average Bonchev–Trinajstić information content (AvgIpc) is 2.61. The number of benzene rings is 1. The molecular weight excluding hydrogens is 269 g/mol. The first-order valence-electron chi connectivity index (χ1n) is 8.90. The first kappa shape index (κ1) is 20.7. The van der Waals surface area contributed by atoms with E-state index in [0.717, 1.165) is 18.5 Å². The van der Waals surface area contributed by atoms with Gasteiger partial charge in [-0.25, -0.2) is 0 Å². The SMILES string of the molecule is CC.CC.CC.[B]N=Nc1cc2c3c(c1)CCCN3CCC2. The summed E-state index contributed by atoms with van der Waals surface area (Å²) in [5.41, 5.74) is 5.21. The Bertz CT molecular complexity index is 413. The van der Waals surface area contributed by atoms with Crippen LogP contribution in [0.15, 0.2) is 22.3 Å². The van der Waals surface area contributed by atoms with Crippen LogP contribution in [0.1, 0.15) is 65.5 Å². The minimum atomic E-state index is 0.903. The highest BCUT2D eigenvalue weighted by molar-refractivity contribution is 6.04. The number of nitrogens with zero attached hydrogens (tertiary/aromatic N) is 3. The minimum Gasteiger partial charge on any atom is -0.371 e. The van der Waals surface area contributed by atoms with Crippen LogP contribution in [0.5, 0.6) is 0 Å². The lowest BCUT2D eigenvalue weighted by molar-refractivity contribution is 0.634. The lowest BCUT2D eigenvalue weighted by Gasteiger charge is -2.36. The van der Waals surface area contributed by atoms with E-state index in [9.17, 15) is 0 Å². The third kappa shape index (κ3) is 5.15. The standard InChI is InChI=1S/C12H14BN3.3C2H6/c13-15-14-11-7-9-3-1-5-16-6-2-4-10(8-11)12(9)16;3*1-2/h7-8H,1-6H2;3*1-2H3. The van der Waals surface area contributed by atoms with Gasteiger partial charge in [-0.3, -0.25) is 5.03 Å². The second-order valence-corrected chi connectivity index (χ2v) is 4.52. The Morgan fingerprint density at radius 3 is 1.73 bits per heavy atom. The van der Waals surface area contributed by atoms with Crippen molar-refractivity contribution in [2.75, 3.05) is 18.0 Å². The van der Waals surface area contributed by atoms with Crippen LogP contribution in [0.3, 0.4) is 0 Å². The molecule has 2 radical (unpaired) electrons. The highest BCUT2D eigenvalue weighted by atomic mass is 15.1. The zero-order valence-corrected chi connectivity index (χ0v) is 15.3. The Hall–Kier alpha value is -1.32. The van der Waals surface area contributed by atoms with Crippen molar-refractivity contribution in [3.05, 3.63) is 23.3 Å². The summed E-state index contributed by atoms with van der Waals surface area (Å²) in [6.45, 7) is 14.4. The molecule has 0 atom stereocenters. The number of aryl methyl sites for hydroxylation is 2. The Morgan fingerprint density at radius 1 is 0.864 bits per heavy atom. The molecule has 122 valence electrons. The Kier molecular flexibility index (Phi) is 11.5. The average molecular weight is 301 g/mol. The lowest BCUT2D eigenvalue weighted by atomic mass is 9.91. The van der Waals surface area contributed by atoms with E-state index >= 15 is 0 Å². The molecule has 4 heteroatoms. The molecule has 1 aromatic rings. The highest BCUT2D eigenvalue weighted by Gasteiger charge is 2.23. The van der Waals surface area contributed by atoms with Crippen LogP contribution in [0.25, 0.3) is 0 Å². The van der Waals surface area contributed by atoms with Crippen molar-refractivity contribution in [3.8, 4) is 0 Å². The van der Waals surface area contributed by atoms with Gasteiger partial charge in [0.2, 0.25) is 0 Å². The zero-order chi connectivity index (χ0) is 17.0. The van der Waals surface area contributed by atoms with Gasteiger partial charge >= 0.3 is 0 Å².